The van der Waals surface area contributed by atoms with Crippen molar-refractivity contribution in [3.8, 4) is 16.9 Å². The van der Waals surface area contributed by atoms with Crippen LogP contribution in [0.25, 0.3) is 27.7 Å². The molecule has 6 heteroatoms. The monoisotopic (exact) mass is 463 g/mol. The summed E-state index contributed by atoms with van der Waals surface area (Å²) < 4.78 is 25.2. The summed E-state index contributed by atoms with van der Waals surface area (Å²) in [5.74, 6) is 0.0850. The predicted molar refractivity (Wildman–Crippen MR) is 131 cm³/mol. The molecule has 0 saturated carbocycles. The van der Waals surface area contributed by atoms with Crippen LogP contribution in [-0.2, 0) is 4.79 Å². The number of hydrogen-bond donors (Lipinski definition) is 1. The lowest BCUT2D eigenvalue weighted by molar-refractivity contribution is -0.111. The molecule has 33 heavy (non-hydrogen) atoms. The number of carbonyl (C=O) groups is 1. The highest BCUT2D eigenvalue weighted by atomic mass is 35.5. The minimum atomic E-state index is -0.299. The number of rotatable bonds is 6. The first-order valence-corrected chi connectivity index (χ1v) is 10.9. The Morgan fingerprint density at radius 3 is 2.64 bits per heavy atom. The maximum atomic E-state index is 13.4. The molecule has 0 bridgehead atoms. The van der Waals surface area contributed by atoms with Crippen LogP contribution in [0.15, 0.2) is 71.4 Å². The second-order valence-electron chi connectivity index (χ2n) is 7.67. The van der Waals surface area contributed by atoms with Crippen LogP contribution in [0.1, 0.15) is 25.0 Å². The Morgan fingerprint density at radius 1 is 1.18 bits per heavy atom. The number of allylic oxidation sites excluding steroid dienone is 1. The summed E-state index contributed by atoms with van der Waals surface area (Å²) in [5.41, 5.74) is 5.33. The van der Waals surface area contributed by atoms with E-state index in [4.69, 9.17) is 20.8 Å². The molecule has 0 aliphatic carbocycles. The standard InChI is InChI=1S/C27H23ClFNO3/c1-4-32-26-17(3)27-23(24(15-33-27)18-8-10-20(29)11-9-18)14-22(26)16(2)12-25(31)30-21-7-5-6-19(28)13-21/h5-15H,4H2,1-3H3,(H,30,31)/b16-12+. The average molecular weight is 464 g/mol. The van der Waals surface area contributed by atoms with Crippen molar-refractivity contribution in [3.63, 3.8) is 0 Å². The molecule has 4 nitrogen and oxygen atoms in total. The lowest BCUT2D eigenvalue weighted by atomic mass is 9.96. The highest BCUT2D eigenvalue weighted by Gasteiger charge is 2.19. The van der Waals surface area contributed by atoms with E-state index in [2.05, 4.69) is 5.32 Å². The number of aryl methyl sites for hydroxylation is 1. The minimum Gasteiger partial charge on any atom is -0.493 e. The number of hydrogen-bond acceptors (Lipinski definition) is 3. The van der Waals surface area contributed by atoms with Gasteiger partial charge in [0.1, 0.15) is 17.1 Å². The smallest absolute Gasteiger partial charge is 0.248 e. The van der Waals surface area contributed by atoms with Crippen molar-refractivity contribution in [2.45, 2.75) is 20.8 Å². The summed E-state index contributed by atoms with van der Waals surface area (Å²) in [6.07, 6.45) is 3.19. The molecule has 1 heterocycles. The van der Waals surface area contributed by atoms with Crippen molar-refractivity contribution < 1.29 is 18.3 Å². The van der Waals surface area contributed by atoms with Gasteiger partial charge in [0.2, 0.25) is 5.91 Å². The van der Waals surface area contributed by atoms with Crippen LogP contribution in [0.2, 0.25) is 5.02 Å². The summed E-state index contributed by atoms with van der Waals surface area (Å²) in [6, 6.07) is 15.2. The van der Waals surface area contributed by atoms with Crippen molar-refractivity contribution in [3.05, 3.63) is 88.9 Å². The summed E-state index contributed by atoms with van der Waals surface area (Å²) in [5, 5.41) is 4.23. The van der Waals surface area contributed by atoms with Crippen LogP contribution in [0, 0.1) is 12.7 Å². The molecule has 0 radical (unpaired) electrons. The fourth-order valence-electron chi connectivity index (χ4n) is 3.81. The Hall–Kier alpha value is -3.57. The topological polar surface area (TPSA) is 51.5 Å². The van der Waals surface area contributed by atoms with Crippen LogP contribution in [0.4, 0.5) is 10.1 Å². The van der Waals surface area contributed by atoms with Gasteiger partial charge in [-0.3, -0.25) is 4.79 Å². The van der Waals surface area contributed by atoms with Crippen molar-refractivity contribution >= 4 is 39.7 Å². The summed E-state index contributed by atoms with van der Waals surface area (Å²) in [4.78, 5) is 12.7. The Kier molecular flexibility index (Phi) is 6.52. The van der Waals surface area contributed by atoms with E-state index < -0.39 is 0 Å². The molecule has 0 aliphatic heterocycles. The molecule has 1 N–H and O–H groups in total. The van der Waals surface area contributed by atoms with Crippen LogP contribution in [0.5, 0.6) is 5.75 Å². The largest absolute Gasteiger partial charge is 0.493 e. The molecule has 3 aromatic carbocycles. The van der Waals surface area contributed by atoms with Crippen LogP contribution in [-0.4, -0.2) is 12.5 Å². The number of anilines is 1. The van der Waals surface area contributed by atoms with Gasteiger partial charge in [-0.15, -0.1) is 0 Å². The maximum Gasteiger partial charge on any atom is 0.248 e. The Labute approximate surface area is 196 Å². The second-order valence-corrected chi connectivity index (χ2v) is 8.11. The number of amides is 1. The number of furan rings is 1. The van der Waals surface area contributed by atoms with E-state index in [0.717, 1.165) is 33.2 Å². The van der Waals surface area contributed by atoms with Gasteiger partial charge in [0.25, 0.3) is 0 Å². The van der Waals surface area contributed by atoms with Crippen LogP contribution in [0.3, 0.4) is 0 Å². The van der Waals surface area contributed by atoms with Gasteiger partial charge in [0.15, 0.2) is 0 Å². The quantitative estimate of drug-likeness (QED) is 0.299. The molecule has 0 unspecified atom stereocenters. The number of fused-ring (bicyclic) bond motifs is 1. The Balaban J connectivity index is 1.78. The normalized spacial score (nSPS) is 11.6. The first-order chi connectivity index (χ1) is 15.9. The molecule has 168 valence electrons. The molecular weight excluding hydrogens is 441 g/mol. The molecule has 0 fully saturated rings. The Morgan fingerprint density at radius 2 is 1.94 bits per heavy atom. The van der Waals surface area contributed by atoms with Gasteiger partial charge in [0, 0.05) is 38.9 Å². The third-order valence-electron chi connectivity index (χ3n) is 5.35. The van der Waals surface area contributed by atoms with Gasteiger partial charge >= 0.3 is 0 Å². The number of halogens is 2. The molecule has 4 rings (SSSR count). The highest BCUT2D eigenvalue weighted by molar-refractivity contribution is 6.31. The first kappa shape index (κ1) is 22.6. The van der Waals surface area contributed by atoms with E-state index in [-0.39, 0.29) is 11.7 Å². The van der Waals surface area contributed by atoms with Crippen LogP contribution < -0.4 is 10.1 Å². The van der Waals surface area contributed by atoms with Crippen molar-refractivity contribution in [2.75, 3.05) is 11.9 Å². The summed E-state index contributed by atoms with van der Waals surface area (Å²) >= 11 is 6.01. The van der Waals surface area contributed by atoms with Gasteiger partial charge in [-0.2, -0.15) is 0 Å². The second kappa shape index (κ2) is 9.51. The molecule has 0 spiro atoms. The molecule has 0 saturated heterocycles. The van der Waals surface area contributed by atoms with E-state index in [1.807, 2.05) is 26.8 Å². The fourth-order valence-corrected chi connectivity index (χ4v) is 4.00. The molecule has 0 atom stereocenters. The highest BCUT2D eigenvalue weighted by Crippen LogP contribution is 2.40. The van der Waals surface area contributed by atoms with E-state index in [1.54, 1.807) is 42.7 Å². The van der Waals surface area contributed by atoms with Gasteiger partial charge in [-0.05, 0) is 68.3 Å². The van der Waals surface area contributed by atoms with Gasteiger partial charge in [0.05, 0.1) is 12.9 Å². The van der Waals surface area contributed by atoms with Gasteiger partial charge < -0.3 is 14.5 Å². The zero-order valence-electron chi connectivity index (χ0n) is 18.5. The lowest BCUT2D eigenvalue weighted by Gasteiger charge is -2.15. The van der Waals surface area contributed by atoms with Crippen molar-refractivity contribution in [1.82, 2.24) is 0 Å². The maximum absolute atomic E-state index is 13.4. The SMILES string of the molecule is CCOc1c(/C(C)=C/C(=O)Nc2cccc(Cl)c2)cc2c(-c3ccc(F)cc3)coc2c1C. The number of ether oxygens (including phenoxy) is 1. The van der Waals surface area contributed by atoms with E-state index in [9.17, 15) is 9.18 Å². The molecule has 0 aliphatic rings. The summed E-state index contributed by atoms with van der Waals surface area (Å²) in [6.45, 7) is 6.16. The van der Waals surface area contributed by atoms with Crippen molar-refractivity contribution in [1.29, 1.82) is 0 Å². The van der Waals surface area contributed by atoms with E-state index in [0.29, 0.717) is 28.6 Å². The van der Waals surface area contributed by atoms with E-state index >= 15 is 0 Å². The number of benzene rings is 3. The zero-order valence-corrected chi connectivity index (χ0v) is 19.3. The summed E-state index contributed by atoms with van der Waals surface area (Å²) in [7, 11) is 0. The minimum absolute atomic E-state index is 0.277. The fraction of sp³-hybridized carbons (Fsp3) is 0.148. The van der Waals surface area contributed by atoms with Crippen molar-refractivity contribution in [2.24, 2.45) is 0 Å². The third-order valence-corrected chi connectivity index (χ3v) is 5.59. The average Bonchev–Trinajstić information content (AvgIpc) is 3.20. The number of nitrogens with one attached hydrogen (secondary N) is 1. The molecule has 1 amide bonds. The first-order valence-electron chi connectivity index (χ1n) is 10.6. The van der Waals surface area contributed by atoms with Gasteiger partial charge in [-0.1, -0.05) is 29.8 Å². The number of carbonyl (C=O) groups excluding carboxylic acids is 1. The predicted octanol–water partition coefficient (Wildman–Crippen LogP) is 7.64. The Bertz CT molecular complexity index is 1360. The van der Waals surface area contributed by atoms with Gasteiger partial charge in [-0.25, -0.2) is 4.39 Å². The third kappa shape index (κ3) is 4.78. The molecule has 1 aromatic heterocycles. The van der Waals surface area contributed by atoms with E-state index in [1.165, 1.54) is 18.2 Å². The van der Waals surface area contributed by atoms with Crippen LogP contribution >= 0.6 is 11.6 Å². The molecule has 4 aromatic rings. The zero-order chi connectivity index (χ0) is 23.5. The molecular formula is C27H23ClFNO3. The lowest BCUT2D eigenvalue weighted by Crippen LogP contribution is -2.09.